The molecule has 4 nitrogen and oxygen atoms in total. The van der Waals surface area contributed by atoms with Crippen molar-refractivity contribution in [1.29, 1.82) is 0 Å². The van der Waals surface area contributed by atoms with E-state index in [9.17, 15) is 17.6 Å². The second-order valence-electron chi connectivity index (χ2n) is 16.4. The Morgan fingerprint density at radius 1 is 0.273 bits per heavy atom. The summed E-state index contributed by atoms with van der Waals surface area (Å²) in [4.78, 5) is 10.7. The minimum absolute atomic E-state index is 0.413. The van der Waals surface area contributed by atoms with Gasteiger partial charge in [0.05, 0.1) is 33.5 Å². The topological polar surface area (TPSA) is 35.6 Å². The molecule has 0 atom stereocenters. The highest BCUT2D eigenvalue weighted by molar-refractivity contribution is 6.11. The van der Waals surface area contributed by atoms with E-state index in [0.29, 0.717) is 77.8 Å². The van der Waals surface area contributed by atoms with Gasteiger partial charge >= 0.3 is 0 Å². The predicted molar refractivity (Wildman–Crippen MR) is 258 cm³/mol. The first-order valence-corrected chi connectivity index (χ1v) is 21.5. The van der Waals surface area contributed by atoms with Gasteiger partial charge in [0.25, 0.3) is 0 Å². The summed E-state index contributed by atoms with van der Waals surface area (Å²) < 4.78 is 63.9. The van der Waals surface area contributed by atoms with Crippen molar-refractivity contribution < 1.29 is 17.6 Å². The van der Waals surface area contributed by atoms with Crippen molar-refractivity contribution in [2.24, 2.45) is 0 Å². The molecule has 0 N–H and O–H groups in total. The number of benzene rings is 9. The van der Waals surface area contributed by atoms with Gasteiger partial charge in [-0.3, -0.25) is 0 Å². The minimum Gasteiger partial charge on any atom is -0.309 e. The van der Waals surface area contributed by atoms with E-state index in [0.717, 1.165) is 33.4 Å². The minimum atomic E-state index is -0.449. The fourth-order valence-electron chi connectivity index (χ4n) is 9.32. The van der Waals surface area contributed by atoms with Gasteiger partial charge < -0.3 is 9.13 Å². The van der Waals surface area contributed by atoms with Gasteiger partial charge in [0.15, 0.2) is 5.82 Å². The first-order valence-electron chi connectivity index (χ1n) is 21.5. The first-order chi connectivity index (χ1) is 32.3. The molecule has 0 saturated heterocycles. The maximum atomic E-state index is 15.0. The third-order valence-electron chi connectivity index (χ3n) is 12.3. The molecule has 314 valence electrons. The van der Waals surface area contributed by atoms with Gasteiger partial charge in [-0.25, -0.2) is 27.5 Å². The van der Waals surface area contributed by atoms with Crippen molar-refractivity contribution in [3.05, 3.63) is 230 Å². The van der Waals surface area contributed by atoms with E-state index in [1.807, 2.05) is 94.1 Å². The van der Waals surface area contributed by atoms with E-state index in [-0.39, 0.29) is 0 Å². The van der Waals surface area contributed by atoms with Crippen LogP contribution >= 0.6 is 0 Å². The molecule has 0 aliphatic rings. The maximum Gasteiger partial charge on any atom is 0.160 e. The molecule has 8 heteroatoms. The maximum absolute atomic E-state index is 15.0. The molecular weight excluding hydrogens is 829 g/mol. The quantitative estimate of drug-likeness (QED) is 0.150. The molecule has 3 aromatic heterocycles. The molecule has 0 aliphatic heterocycles. The molecule has 0 aliphatic carbocycles. The molecule has 12 rings (SSSR count). The van der Waals surface area contributed by atoms with Crippen LogP contribution in [0.2, 0.25) is 0 Å². The van der Waals surface area contributed by atoms with Crippen LogP contribution < -0.4 is 0 Å². The van der Waals surface area contributed by atoms with Crippen LogP contribution in [0.3, 0.4) is 0 Å². The van der Waals surface area contributed by atoms with Gasteiger partial charge in [-0.2, -0.15) is 0 Å². The van der Waals surface area contributed by atoms with Crippen LogP contribution in [-0.4, -0.2) is 19.1 Å². The second kappa shape index (κ2) is 15.6. The molecule has 12 aromatic rings. The number of nitrogens with zero attached hydrogens (tertiary/aromatic N) is 4. The number of halogens is 4. The molecule has 0 bridgehead atoms. The van der Waals surface area contributed by atoms with Gasteiger partial charge in [-0.15, -0.1) is 0 Å². The predicted octanol–water partition coefficient (Wildman–Crippen LogP) is 15.6. The Balaban J connectivity index is 1.16. The van der Waals surface area contributed by atoms with E-state index >= 15 is 0 Å². The van der Waals surface area contributed by atoms with E-state index in [2.05, 4.69) is 48.5 Å². The van der Waals surface area contributed by atoms with Gasteiger partial charge in [0.2, 0.25) is 0 Å². The third kappa shape index (κ3) is 6.78. The van der Waals surface area contributed by atoms with Crippen LogP contribution in [0.4, 0.5) is 17.6 Å². The standard InChI is InChI=1S/C58H34F4N4/c59-42-17-21-54-48(29-42)49-30-43(60)18-22-55(49)65(54)46-27-41(28-47(33-46)66-56-23-19-44(61)31-50(56)51-32-45(62)20-24-57(51)66)58-63-52(39-15-7-13-37(25-39)35-9-3-1-4-10-35)34-53(64-58)40-16-8-14-38(26-40)36-11-5-2-6-12-36/h1-34H. The highest BCUT2D eigenvalue weighted by Crippen LogP contribution is 2.40. The van der Waals surface area contributed by atoms with Crippen molar-refractivity contribution >= 4 is 43.6 Å². The summed E-state index contributed by atoms with van der Waals surface area (Å²) in [6.45, 7) is 0. The Bertz CT molecular complexity index is 3510. The lowest BCUT2D eigenvalue weighted by Crippen LogP contribution is -2.02. The van der Waals surface area contributed by atoms with Crippen LogP contribution in [0.25, 0.3) is 111 Å². The van der Waals surface area contributed by atoms with E-state index in [1.165, 1.54) is 48.5 Å². The highest BCUT2D eigenvalue weighted by Gasteiger charge is 2.21. The fourth-order valence-corrected chi connectivity index (χ4v) is 9.32. The molecule has 3 heterocycles. The SMILES string of the molecule is Fc1ccc2c(c1)c1cc(F)ccc1n2-c1cc(-c2nc(-c3cccc(-c4ccccc4)c3)cc(-c3cccc(-c4ccccc4)c3)n2)cc(-n2c3ccc(F)cc3c3cc(F)ccc32)c1. The van der Waals surface area contributed by atoms with Crippen LogP contribution in [0, 0.1) is 23.3 Å². The molecule has 0 radical (unpaired) electrons. The number of fused-ring (bicyclic) bond motifs is 6. The lowest BCUT2D eigenvalue weighted by Gasteiger charge is -2.16. The zero-order valence-electron chi connectivity index (χ0n) is 34.9. The van der Waals surface area contributed by atoms with Gasteiger partial charge in [-0.1, -0.05) is 97.1 Å². The molecule has 66 heavy (non-hydrogen) atoms. The van der Waals surface area contributed by atoms with Gasteiger partial charge in [0.1, 0.15) is 23.3 Å². The monoisotopic (exact) mass is 862 g/mol. The van der Waals surface area contributed by atoms with Crippen LogP contribution in [0.5, 0.6) is 0 Å². The summed E-state index contributed by atoms with van der Waals surface area (Å²) in [6.07, 6.45) is 0. The Hall–Kier alpha value is -8.62. The van der Waals surface area contributed by atoms with Crippen LogP contribution in [-0.2, 0) is 0 Å². The summed E-state index contributed by atoms with van der Waals surface area (Å²) in [5.41, 5.74) is 11.9. The lowest BCUT2D eigenvalue weighted by molar-refractivity contribution is 0.628. The number of hydrogen-bond acceptors (Lipinski definition) is 2. The van der Waals surface area contributed by atoms with Crippen molar-refractivity contribution in [2.45, 2.75) is 0 Å². The van der Waals surface area contributed by atoms with Crippen molar-refractivity contribution in [3.8, 4) is 67.5 Å². The molecule has 0 fully saturated rings. The van der Waals surface area contributed by atoms with Crippen molar-refractivity contribution in [2.75, 3.05) is 0 Å². The normalized spacial score (nSPS) is 11.6. The Kier molecular flexibility index (Phi) is 9.20. The molecule has 0 unspecified atom stereocenters. The van der Waals surface area contributed by atoms with E-state index in [4.69, 9.17) is 9.97 Å². The summed E-state index contributed by atoms with van der Waals surface area (Å²) in [6, 6.07) is 62.8. The number of hydrogen-bond donors (Lipinski definition) is 0. The zero-order valence-corrected chi connectivity index (χ0v) is 34.9. The Labute approximate surface area is 375 Å². The van der Waals surface area contributed by atoms with Crippen molar-refractivity contribution in [3.63, 3.8) is 0 Å². The summed E-state index contributed by atoms with van der Waals surface area (Å²) in [5, 5.41) is 2.15. The average Bonchev–Trinajstić information content (AvgIpc) is 3.85. The third-order valence-corrected chi connectivity index (χ3v) is 12.3. The zero-order chi connectivity index (χ0) is 44.5. The first kappa shape index (κ1) is 39.0. The summed E-state index contributed by atoms with van der Waals surface area (Å²) in [5.74, 6) is -1.38. The highest BCUT2D eigenvalue weighted by atomic mass is 19.1. The molecule has 0 saturated carbocycles. The molecule has 9 aromatic carbocycles. The molecular formula is C58H34F4N4. The van der Waals surface area contributed by atoms with Crippen LogP contribution in [0.15, 0.2) is 206 Å². The Morgan fingerprint density at radius 3 is 1.00 bits per heavy atom. The van der Waals surface area contributed by atoms with E-state index < -0.39 is 23.3 Å². The van der Waals surface area contributed by atoms with E-state index in [1.54, 1.807) is 24.3 Å². The lowest BCUT2D eigenvalue weighted by atomic mass is 9.99. The largest absolute Gasteiger partial charge is 0.309 e. The van der Waals surface area contributed by atoms with Crippen molar-refractivity contribution in [1.82, 2.24) is 19.1 Å². The second-order valence-corrected chi connectivity index (χ2v) is 16.4. The molecule has 0 amide bonds. The average molecular weight is 863 g/mol. The number of rotatable bonds is 7. The number of aromatic nitrogens is 4. The fraction of sp³-hybridized carbons (Fsp3) is 0. The Morgan fingerprint density at radius 2 is 0.621 bits per heavy atom. The van der Waals surface area contributed by atoms with Gasteiger partial charge in [0, 0.05) is 49.6 Å². The smallest absolute Gasteiger partial charge is 0.160 e. The summed E-state index contributed by atoms with van der Waals surface area (Å²) in [7, 11) is 0. The summed E-state index contributed by atoms with van der Waals surface area (Å²) >= 11 is 0. The molecule has 0 spiro atoms. The van der Waals surface area contributed by atoms with Gasteiger partial charge in [-0.05, 0) is 131 Å². The van der Waals surface area contributed by atoms with Crippen LogP contribution in [0.1, 0.15) is 0 Å².